The zero-order chi connectivity index (χ0) is 19.1. The molecule has 0 saturated heterocycles. The average molecular weight is 362 g/mol. The van der Waals surface area contributed by atoms with Crippen LogP contribution in [0.25, 0.3) is 11.3 Å². The normalized spacial score (nSPS) is 10.9. The lowest BCUT2D eigenvalue weighted by molar-refractivity contribution is -0.121. The SMILES string of the molecule is CN(C)Cc1ccccc1CNC(=O)CCc1ccc(-c2ccccc2)o1. The van der Waals surface area contributed by atoms with E-state index in [0.29, 0.717) is 19.4 Å². The molecule has 4 heteroatoms. The van der Waals surface area contributed by atoms with Crippen LogP contribution in [0, 0.1) is 0 Å². The molecular weight excluding hydrogens is 336 g/mol. The molecule has 3 aromatic rings. The van der Waals surface area contributed by atoms with Gasteiger partial charge in [-0.2, -0.15) is 0 Å². The summed E-state index contributed by atoms with van der Waals surface area (Å²) in [6.07, 6.45) is 1.01. The molecule has 140 valence electrons. The fraction of sp³-hybridized carbons (Fsp3) is 0.261. The first-order valence-electron chi connectivity index (χ1n) is 9.24. The molecule has 0 saturated carbocycles. The molecule has 2 aromatic carbocycles. The summed E-state index contributed by atoms with van der Waals surface area (Å²) in [5.41, 5.74) is 3.44. The van der Waals surface area contributed by atoms with Gasteiger partial charge in [0.25, 0.3) is 0 Å². The van der Waals surface area contributed by atoms with Crippen molar-refractivity contribution in [3.63, 3.8) is 0 Å². The number of hydrogen-bond acceptors (Lipinski definition) is 3. The molecule has 0 aliphatic heterocycles. The zero-order valence-electron chi connectivity index (χ0n) is 15.9. The van der Waals surface area contributed by atoms with Crippen molar-refractivity contribution in [1.82, 2.24) is 10.2 Å². The van der Waals surface area contributed by atoms with Gasteiger partial charge >= 0.3 is 0 Å². The van der Waals surface area contributed by atoms with Gasteiger partial charge in [0.15, 0.2) is 0 Å². The van der Waals surface area contributed by atoms with Crippen LogP contribution in [0.1, 0.15) is 23.3 Å². The molecule has 0 aliphatic rings. The average Bonchev–Trinajstić information content (AvgIpc) is 3.15. The molecule has 0 aliphatic carbocycles. The Morgan fingerprint density at radius 2 is 1.63 bits per heavy atom. The highest BCUT2D eigenvalue weighted by molar-refractivity contribution is 5.76. The van der Waals surface area contributed by atoms with Crippen LogP contribution in [0.2, 0.25) is 0 Å². The predicted octanol–water partition coefficient (Wildman–Crippen LogP) is 4.26. The number of furan rings is 1. The van der Waals surface area contributed by atoms with Crippen LogP contribution >= 0.6 is 0 Å². The topological polar surface area (TPSA) is 45.5 Å². The van der Waals surface area contributed by atoms with Crippen molar-refractivity contribution in [2.24, 2.45) is 0 Å². The molecule has 1 amide bonds. The first-order valence-corrected chi connectivity index (χ1v) is 9.24. The summed E-state index contributed by atoms with van der Waals surface area (Å²) >= 11 is 0. The maximum atomic E-state index is 12.2. The summed E-state index contributed by atoms with van der Waals surface area (Å²) < 4.78 is 5.86. The van der Waals surface area contributed by atoms with Gasteiger partial charge in [0.1, 0.15) is 11.5 Å². The largest absolute Gasteiger partial charge is 0.461 e. The van der Waals surface area contributed by atoms with Crippen molar-refractivity contribution < 1.29 is 9.21 Å². The highest BCUT2D eigenvalue weighted by Crippen LogP contribution is 2.22. The second-order valence-electron chi connectivity index (χ2n) is 6.92. The minimum absolute atomic E-state index is 0.0346. The van der Waals surface area contributed by atoms with E-state index in [9.17, 15) is 4.79 Å². The highest BCUT2D eigenvalue weighted by atomic mass is 16.3. The van der Waals surface area contributed by atoms with E-state index in [4.69, 9.17) is 4.42 Å². The minimum atomic E-state index is 0.0346. The van der Waals surface area contributed by atoms with E-state index >= 15 is 0 Å². The lowest BCUT2D eigenvalue weighted by atomic mass is 10.1. The number of benzene rings is 2. The Bertz CT molecular complexity index is 869. The Morgan fingerprint density at radius 1 is 0.926 bits per heavy atom. The fourth-order valence-corrected chi connectivity index (χ4v) is 3.01. The van der Waals surface area contributed by atoms with Crippen LogP contribution in [-0.2, 0) is 24.3 Å². The van der Waals surface area contributed by atoms with E-state index in [1.54, 1.807) is 0 Å². The molecule has 0 unspecified atom stereocenters. The Kier molecular flexibility index (Phi) is 6.44. The Balaban J connectivity index is 1.50. The van der Waals surface area contributed by atoms with Gasteiger partial charge < -0.3 is 14.6 Å². The van der Waals surface area contributed by atoms with E-state index in [2.05, 4.69) is 22.3 Å². The lowest BCUT2D eigenvalue weighted by Gasteiger charge is -2.14. The van der Waals surface area contributed by atoms with Crippen LogP contribution < -0.4 is 5.32 Å². The summed E-state index contributed by atoms with van der Waals surface area (Å²) in [7, 11) is 4.09. The fourth-order valence-electron chi connectivity index (χ4n) is 3.01. The number of aryl methyl sites for hydroxylation is 1. The molecule has 0 atom stereocenters. The van der Waals surface area contributed by atoms with Crippen molar-refractivity contribution in [1.29, 1.82) is 0 Å². The molecule has 3 rings (SSSR count). The quantitative estimate of drug-likeness (QED) is 0.651. The van der Waals surface area contributed by atoms with Crippen LogP contribution in [0.15, 0.2) is 71.1 Å². The Hall–Kier alpha value is -2.85. The number of nitrogens with one attached hydrogen (secondary N) is 1. The van der Waals surface area contributed by atoms with Crippen LogP contribution in [-0.4, -0.2) is 24.9 Å². The van der Waals surface area contributed by atoms with Crippen molar-refractivity contribution in [2.45, 2.75) is 25.9 Å². The minimum Gasteiger partial charge on any atom is -0.461 e. The Morgan fingerprint density at radius 3 is 2.37 bits per heavy atom. The molecule has 27 heavy (non-hydrogen) atoms. The molecule has 4 nitrogen and oxygen atoms in total. The van der Waals surface area contributed by atoms with Gasteiger partial charge in [-0.1, -0.05) is 54.6 Å². The zero-order valence-corrected chi connectivity index (χ0v) is 15.9. The van der Waals surface area contributed by atoms with Crippen molar-refractivity contribution in [3.8, 4) is 11.3 Å². The van der Waals surface area contributed by atoms with E-state index in [0.717, 1.165) is 29.2 Å². The molecule has 0 bridgehead atoms. The van der Waals surface area contributed by atoms with Gasteiger partial charge in [0.05, 0.1) is 0 Å². The molecule has 0 fully saturated rings. The maximum Gasteiger partial charge on any atom is 0.220 e. The first-order chi connectivity index (χ1) is 13.1. The summed E-state index contributed by atoms with van der Waals surface area (Å²) in [5, 5.41) is 3.02. The van der Waals surface area contributed by atoms with Gasteiger partial charge in [-0.25, -0.2) is 0 Å². The van der Waals surface area contributed by atoms with Gasteiger partial charge in [0.2, 0.25) is 5.91 Å². The third-order valence-corrected chi connectivity index (χ3v) is 4.40. The van der Waals surface area contributed by atoms with Crippen molar-refractivity contribution >= 4 is 5.91 Å². The number of hydrogen-bond donors (Lipinski definition) is 1. The van der Waals surface area contributed by atoms with Crippen molar-refractivity contribution in [2.75, 3.05) is 14.1 Å². The Labute approximate surface area is 160 Å². The monoisotopic (exact) mass is 362 g/mol. The molecular formula is C23H26N2O2. The van der Waals surface area contributed by atoms with E-state index in [1.165, 1.54) is 5.56 Å². The number of amides is 1. The van der Waals surface area contributed by atoms with Crippen LogP contribution in [0.5, 0.6) is 0 Å². The summed E-state index contributed by atoms with van der Waals surface area (Å²) in [6, 6.07) is 22.1. The van der Waals surface area contributed by atoms with Gasteiger partial charge in [-0.15, -0.1) is 0 Å². The molecule has 1 aromatic heterocycles. The second-order valence-corrected chi connectivity index (χ2v) is 6.92. The number of carbonyl (C=O) groups excluding carboxylic acids is 1. The summed E-state index contributed by atoms with van der Waals surface area (Å²) in [5.74, 6) is 1.70. The third kappa shape index (κ3) is 5.56. The number of nitrogens with zero attached hydrogens (tertiary/aromatic N) is 1. The maximum absolute atomic E-state index is 12.2. The predicted molar refractivity (Wildman–Crippen MR) is 108 cm³/mol. The third-order valence-electron chi connectivity index (χ3n) is 4.40. The first kappa shape index (κ1) is 18.9. The van der Waals surface area contributed by atoms with E-state index in [1.807, 2.05) is 68.7 Å². The summed E-state index contributed by atoms with van der Waals surface area (Å²) in [4.78, 5) is 14.4. The van der Waals surface area contributed by atoms with Gasteiger partial charge in [-0.3, -0.25) is 4.79 Å². The van der Waals surface area contributed by atoms with Crippen LogP contribution in [0.4, 0.5) is 0 Å². The van der Waals surface area contributed by atoms with Gasteiger partial charge in [-0.05, 0) is 37.4 Å². The molecule has 0 spiro atoms. The van der Waals surface area contributed by atoms with Gasteiger partial charge in [0, 0.05) is 31.5 Å². The lowest BCUT2D eigenvalue weighted by Crippen LogP contribution is -2.24. The van der Waals surface area contributed by atoms with Crippen LogP contribution in [0.3, 0.4) is 0 Å². The standard InChI is InChI=1S/C23H26N2O2/c1-25(2)17-20-11-7-6-10-19(20)16-24-23(26)15-13-21-12-14-22(27-21)18-8-4-3-5-9-18/h3-12,14H,13,15-17H2,1-2H3,(H,24,26). The number of carbonyl (C=O) groups is 1. The number of rotatable bonds is 8. The van der Waals surface area contributed by atoms with Crippen molar-refractivity contribution in [3.05, 3.63) is 83.6 Å². The second kappa shape index (κ2) is 9.19. The van der Waals surface area contributed by atoms with E-state index < -0.39 is 0 Å². The molecule has 1 N–H and O–H groups in total. The molecule has 0 radical (unpaired) electrons. The molecule has 1 heterocycles. The smallest absolute Gasteiger partial charge is 0.220 e. The van der Waals surface area contributed by atoms with E-state index in [-0.39, 0.29) is 5.91 Å². The highest BCUT2D eigenvalue weighted by Gasteiger charge is 2.09. The summed E-state index contributed by atoms with van der Waals surface area (Å²) in [6.45, 7) is 1.41.